The van der Waals surface area contributed by atoms with Gasteiger partial charge in [-0.15, -0.1) is 0 Å². The molecule has 0 bridgehead atoms. The third kappa shape index (κ3) is 4.04. The van der Waals surface area contributed by atoms with Crippen LogP contribution in [0.15, 0.2) is 70.2 Å². The normalized spacial score (nSPS) is 13.2. The van der Waals surface area contributed by atoms with Gasteiger partial charge in [-0.2, -0.15) is 0 Å². The summed E-state index contributed by atoms with van der Waals surface area (Å²) in [6.07, 6.45) is 2.98. The third-order valence-electron chi connectivity index (χ3n) is 4.81. The van der Waals surface area contributed by atoms with Crippen molar-refractivity contribution in [2.45, 2.75) is 24.7 Å². The highest BCUT2D eigenvalue weighted by atomic mass is 32.2. The van der Waals surface area contributed by atoms with E-state index in [0.717, 1.165) is 17.7 Å². The zero-order valence-corrected chi connectivity index (χ0v) is 17.3. The summed E-state index contributed by atoms with van der Waals surface area (Å²) < 4.78 is 38.8. The molecule has 30 heavy (non-hydrogen) atoms. The summed E-state index contributed by atoms with van der Waals surface area (Å²) in [5, 5.41) is 0. The van der Waals surface area contributed by atoms with E-state index >= 15 is 0 Å². The Morgan fingerprint density at radius 3 is 2.67 bits per heavy atom. The summed E-state index contributed by atoms with van der Waals surface area (Å²) in [6, 6.07) is 14.8. The van der Waals surface area contributed by atoms with Crippen molar-refractivity contribution in [3.63, 3.8) is 0 Å². The number of anilines is 2. The second-order valence-corrected chi connectivity index (χ2v) is 8.64. The fraction of sp³-hybridized carbons (Fsp3) is 0.227. The van der Waals surface area contributed by atoms with Gasteiger partial charge < -0.3 is 14.1 Å². The molecule has 0 atom stereocenters. The quantitative estimate of drug-likeness (QED) is 0.615. The monoisotopic (exact) mass is 426 g/mol. The maximum Gasteiger partial charge on any atom is 0.293 e. The molecule has 8 heteroatoms. The van der Waals surface area contributed by atoms with Crippen LogP contribution in [0.1, 0.15) is 29.5 Å². The SMILES string of the molecule is CCCOc1ccc(S(=O)(=O)Nc2ccc3c(c2)CCN3C(=O)c2ccco2)cc1. The van der Waals surface area contributed by atoms with Gasteiger partial charge in [-0.3, -0.25) is 9.52 Å². The van der Waals surface area contributed by atoms with Crippen molar-refractivity contribution in [2.75, 3.05) is 22.8 Å². The van der Waals surface area contributed by atoms with Crippen LogP contribution in [0.3, 0.4) is 0 Å². The first-order valence-electron chi connectivity index (χ1n) is 9.72. The molecule has 0 radical (unpaired) electrons. The number of carbonyl (C=O) groups excluding carboxylic acids is 1. The molecule has 0 unspecified atom stereocenters. The standard InChI is InChI=1S/C22H22N2O5S/c1-2-13-28-18-6-8-19(9-7-18)30(26,27)23-17-5-10-20-16(15-17)11-12-24(20)22(25)21-4-3-14-29-21/h3-10,14-15,23H,2,11-13H2,1H3. The van der Waals surface area contributed by atoms with Crippen LogP contribution in [0.2, 0.25) is 0 Å². The Hall–Kier alpha value is -3.26. The lowest BCUT2D eigenvalue weighted by atomic mass is 10.1. The summed E-state index contributed by atoms with van der Waals surface area (Å²) in [6.45, 7) is 3.11. The Bertz CT molecular complexity index is 1140. The molecule has 1 N–H and O–H groups in total. The number of nitrogens with one attached hydrogen (secondary N) is 1. The number of furan rings is 1. The molecule has 1 aromatic heterocycles. The summed E-state index contributed by atoms with van der Waals surface area (Å²) in [5.41, 5.74) is 2.11. The number of ether oxygens (including phenoxy) is 1. The lowest BCUT2D eigenvalue weighted by Crippen LogP contribution is -2.28. The Labute approximate surface area is 175 Å². The summed E-state index contributed by atoms with van der Waals surface area (Å²) in [7, 11) is -3.73. The van der Waals surface area contributed by atoms with Crippen LogP contribution >= 0.6 is 0 Å². The van der Waals surface area contributed by atoms with E-state index in [0.29, 0.717) is 31.0 Å². The molecule has 0 aliphatic carbocycles. The number of hydrogen-bond donors (Lipinski definition) is 1. The van der Waals surface area contributed by atoms with Crippen molar-refractivity contribution >= 4 is 27.3 Å². The van der Waals surface area contributed by atoms with E-state index in [1.807, 2.05) is 6.92 Å². The number of rotatable bonds is 7. The lowest BCUT2D eigenvalue weighted by molar-refractivity contribution is 0.0963. The van der Waals surface area contributed by atoms with Crippen LogP contribution < -0.4 is 14.4 Å². The zero-order chi connectivity index (χ0) is 21.1. The van der Waals surface area contributed by atoms with E-state index in [9.17, 15) is 13.2 Å². The number of sulfonamides is 1. The van der Waals surface area contributed by atoms with Gasteiger partial charge in [0.1, 0.15) is 5.75 Å². The number of carbonyl (C=O) groups is 1. The zero-order valence-electron chi connectivity index (χ0n) is 16.5. The molecular formula is C22H22N2O5S. The number of amides is 1. The van der Waals surface area contributed by atoms with Crippen LogP contribution in [0, 0.1) is 0 Å². The molecule has 2 aromatic carbocycles. The molecule has 2 heterocycles. The molecule has 4 rings (SSSR count). The molecule has 1 amide bonds. The minimum Gasteiger partial charge on any atom is -0.494 e. The maximum atomic E-state index is 12.7. The van der Waals surface area contributed by atoms with Crippen molar-refractivity contribution in [2.24, 2.45) is 0 Å². The van der Waals surface area contributed by atoms with Crippen LogP contribution in [-0.4, -0.2) is 27.5 Å². The van der Waals surface area contributed by atoms with Crippen molar-refractivity contribution in [1.29, 1.82) is 0 Å². The average molecular weight is 426 g/mol. The molecule has 0 saturated carbocycles. The molecule has 7 nitrogen and oxygen atoms in total. The molecule has 0 saturated heterocycles. The van der Waals surface area contributed by atoms with Crippen LogP contribution in [0.4, 0.5) is 11.4 Å². The molecule has 1 aliphatic heterocycles. The van der Waals surface area contributed by atoms with Crippen molar-refractivity contribution < 1.29 is 22.4 Å². The Balaban J connectivity index is 1.50. The third-order valence-corrected chi connectivity index (χ3v) is 6.21. The van der Waals surface area contributed by atoms with E-state index in [1.165, 1.54) is 18.4 Å². The van der Waals surface area contributed by atoms with Gasteiger partial charge in [-0.05, 0) is 73.0 Å². The predicted octanol–water partition coefficient (Wildman–Crippen LogP) is 4.07. The first kappa shape index (κ1) is 20.0. The second kappa shape index (κ2) is 8.23. The van der Waals surface area contributed by atoms with Gasteiger partial charge >= 0.3 is 0 Å². The average Bonchev–Trinajstić information content (AvgIpc) is 3.42. The number of nitrogens with zero attached hydrogens (tertiary/aromatic N) is 1. The first-order valence-corrected chi connectivity index (χ1v) is 11.2. The van der Waals surface area contributed by atoms with E-state index in [2.05, 4.69) is 4.72 Å². The fourth-order valence-electron chi connectivity index (χ4n) is 3.36. The minimum absolute atomic E-state index is 0.154. The highest BCUT2D eigenvalue weighted by Crippen LogP contribution is 2.32. The molecule has 0 spiro atoms. The largest absolute Gasteiger partial charge is 0.494 e. The predicted molar refractivity (Wildman–Crippen MR) is 114 cm³/mol. The fourth-order valence-corrected chi connectivity index (χ4v) is 4.41. The van der Waals surface area contributed by atoms with E-state index in [4.69, 9.17) is 9.15 Å². The summed E-state index contributed by atoms with van der Waals surface area (Å²) in [4.78, 5) is 14.4. The van der Waals surface area contributed by atoms with Gasteiger partial charge in [0.2, 0.25) is 0 Å². The summed E-state index contributed by atoms with van der Waals surface area (Å²) in [5.74, 6) is 0.700. The molecule has 0 fully saturated rings. The summed E-state index contributed by atoms with van der Waals surface area (Å²) >= 11 is 0. The second-order valence-electron chi connectivity index (χ2n) is 6.95. The van der Waals surface area contributed by atoms with Gasteiger partial charge in [0.15, 0.2) is 5.76 Å². The van der Waals surface area contributed by atoms with Crippen molar-refractivity contribution in [3.8, 4) is 5.75 Å². The van der Waals surface area contributed by atoms with Gasteiger partial charge in [0, 0.05) is 17.9 Å². The minimum atomic E-state index is -3.73. The van der Waals surface area contributed by atoms with Crippen molar-refractivity contribution in [1.82, 2.24) is 0 Å². The number of fused-ring (bicyclic) bond motifs is 1. The van der Waals surface area contributed by atoms with E-state index in [-0.39, 0.29) is 16.6 Å². The van der Waals surface area contributed by atoms with Crippen molar-refractivity contribution in [3.05, 3.63) is 72.2 Å². The molecule has 1 aliphatic rings. The smallest absolute Gasteiger partial charge is 0.293 e. The Morgan fingerprint density at radius 1 is 1.17 bits per heavy atom. The Kier molecular flexibility index (Phi) is 5.50. The maximum absolute atomic E-state index is 12.7. The topological polar surface area (TPSA) is 88.9 Å². The number of hydrogen-bond acceptors (Lipinski definition) is 5. The van der Waals surface area contributed by atoms with Crippen LogP contribution in [0.25, 0.3) is 0 Å². The molecule has 3 aromatic rings. The van der Waals surface area contributed by atoms with E-state index < -0.39 is 10.0 Å². The lowest BCUT2D eigenvalue weighted by Gasteiger charge is -2.16. The van der Waals surface area contributed by atoms with Crippen LogP contribution in [0.5, 0.6) is 5.75 Å². The Morgan fingerprint density at radius 2 is 1.97 bits per heavy atom. The first-order chi connectivity index (χ1) is 14.5. The highest BCUT2D eigenvalue weighted by Gasteiger charge is 2.27. The van der Waals surface area contributed by atoms with Crippen LogP contribution in [-0.2, 0) is 16.4 Å². The number of benzene rings is 2. The van der Waals surface area contributed by atoms with Gasteiger partial charge in [0.25, 0.3) is 15.9 Å². The molecule has 156 valence electrons. The molecular weight excluding hydrogens is 404 g/mol. The highest BCUT2D eigenvalue weighted by molar-refractivity contribution is 7.92. The van der Waals surface area contributed by atoms with Gasteiger partial charge in [-0.1, -0.05) is 6.92 Å². The van der Waals surface area contributed by atoms with Gasteiger partial charge in [-0.25, -0.2) is 8.42 Å². The van der Waals surface area contributed by atoms with E-state index in [1.54, 1.807) is 47.4 Å². The van der Waals surface area contributed by atoms with Gasteiger partial charge in [0.05, 0.1) is 17.8 Å².